The third-order valence-corrected chi connectivity index (χ3v) is 5.07. The Morgan fingerprint density at radius 3 is 2.67 bits per heavy atom. The van der Waals surface area contributed by atoms with Crippen molar-refractivity contribution in [2.24, 2.45) is 0 Å². The Bertz CT molecular complexity index is 1060. The van der Waals surface area contributed by atoms with Crippen molar-refractivity contribution in [3.05, 3.63) is 64.1 Å². The molecule has 0 atom stereocenters. The molecule has 2 aromatic heterocycles. The maximum atomic E-state index is 12.5. The molecule has 0 fully saturated rings. The highest BCUT2D eigenvalue weighted by molar-refractivity contribution is 7.92. The van der Waals surface area contributed by atoms with Crippen LogP contribution >= 0.6 is 0 Å². The van der Waals surface area contributed by atoms with Crippen LogP contribution in [0.2, 0.25) is 0 Å². The van der Waals surface area contributed by atoms with Crippen LogP contribution in [-0.2, 0) is 10.0 Å². The maximum absolute atomic E-state index is 12.5. The van der Waals surface area contributed by atoms with Crippen LogP contribution < -0.4 is 4.72 Å². The Hall–Kier alpha value is -2.94. The van der Waals surface area contributed by atoms with Gasteiger partial charge in [-0.2, -0.15) is 0 Å². The standard InChI is InChI=1S/C15H14N4O4S/c1-10-11(2)18-8-4-7-14(15(18)16-10)17-24(22,23)13-6-3-5-12(9-13)19(20)21/h3-9,17H,1-2H3. The molecule has 9 heteroatoms. The van der Waals surface area contributed by atoms with Crippen LogP contribution in [0.15, 0.2) is 47.5 Å². The maximum Gasteiger partial charge on any atom is 0.270 e. The second kappa shape index (κ2) is 5.60. The number of nitrogens with one attached hydrogen (secondary N) is 1. The molecule has 124 valence electrons. The van der Waals surface area contributed by atoms with Crippen molar-refractivity contribution >= 4 is 27.0 Å². The van der Waals surface area contributed by atoms with E-state index < -0.39 is 14.9 Å². The molecule has 2 heterocycles. The molecule has 0 radical (unpaired) electrons. The third kappa shape index (κ3) is 2.69. The molecule has 24 heavy (non-hydrogen) atoms. The lowest BCUT2D eigenvalue weighted by Crippen LogP contribution is -2.14. The van der Waals surface area contributed by atoms with Crippen molar-refractivity contribution in [2.75, 3.05) is 4.72 Å². The van der Waals surface area contributed by atoms with Crippen LogP contribution in [-0.4, -0.2) is 22.7 Å². The zero-order chi connectivity index (χ0) is 17.5. The quantitative estimate of drug-likeness (QED) is 0.577. The number of benzene rings is 1. The number of nitro groups is 1. The van der Waals surface area contributed by atoms with Gasteiger partial charge in [-0.05, 0) is 32.0 Å². The van der Waals surface area contributed by atoms with Crippen molar-refractivity contribution in [1.29, 1.82) is 0 Å². The number of hydrogen-bond acceptors (Lipinski definition) is 5. The van der Waals surface area contributed by atoms with E-state index >= 15 is 0 Å². The summed E-state index contributed by atoms with van der Waals surface area (Å²) < 4.78 is 29.3. The lowest BCUT2D eigenvalue weighted by Gasteiger charge is -2.09. The first kappa shape index (κ1) is 15.9. The predicted molar refractivity (Wildman–Crippen MR) is 88.6 cm³/mol. The van der Waals surface area contributed by atoms with Gasteiger partial charge in [-0.25, -0.2) is 13.4 Å². The van der Waals surface area contributed by atoms with E-state index in [0.717, 1.165) is 17.5 Å². The summed E-state index contributed by atoms with van der Waals surface area (Å²) in [6, 6.07) is 8.18. The van der Waals surface area contributed by atoms with E-state index in [4.69, 9.17) is 0 Å². The van der Waals surface area contributed by atoms with E-state index in [1.165, 1.54) is 18.2 Å². The fourth-order valence-electron chi connectivity index (χ4n) is 2.35. The Balaban J connectivity index is 2.06. The Morgan fingerprint density at radius 2 is 1.96 bits per heavy atom. The highest BCUT2D eigenvalue weighted by Crippen LogP contribution is 2.24. The molecule has 8 nitrogen and oxygen atoms in total. The molecule has 0 aliphatic rings. The van der Waals surface area contributed by atoms with E-state index in [1.807, 2.05) is 13.8 Å². The number of pyridine rings is 1. The van der Waals surface area contributed by atoms with Gasteiger partial charge in [-0.1, -0.05) is 6.07 Å². The minimum absolute atomic E-state index is 0.182. The first-order valence-corrected chi connectivity index (χ1v) is 8.49. The van der Waals surface area contributed by atoms with Gasteiger partial charge < -0.3 is 4.40 Å². The summed E-state index contributed by atoms with van der Waals surface area (Å²) in [5, 5.41) is 10.8. The van der Waals surface area contributed by atoms with Gasteiger partial charge in [0.2, 0.25) is 0 Å². The summed E-state index contributed by atoms with van der Waals surface area (Å²) in [6.45, 7) is 3.72. The highest BCUT2D eigenvalue weighted by atomic mass is 32.2. The molecule has 3 rings (SSSR count). The number of nitro benzene ring substituents is 1. The van der Waals surface area contributed by atoms with E-state index in [0.29, 0.717) is 11.3 Å². The minimum atomic E-state index is -3.97. The molecule has 0 aliphatic heterocycles. The van der Waals surface area contributed by atoms with Gasteiger partial charge in [0.1, 0.15) is 0 Å². The Labute approximate surface area is 138 Å². The number of non-ortho nitro benzene ring substituents is 1. The average Bonchev–Trinajstić information content (AvgIpc) is 2.84. The van der Waals surface area contributed by atoms with E-state index in [-0.39, 0.29) is 10.6 Å². The van der Waals surface area contributed by atoms with Gasteiger partial charge in [-0.15, -0.1) is 0 Å². The number of imidazole rings is 1. The molecule has 3 aromatic rings. The molecular formula is C15H14N4O4S. The second-order valence-electron chi connectivity index (χ2n) is 5.26. The molecule has 0 unspecified atom stereocenters. The lowest BCUT2D eigenvalue weighted by molar-refractivity contribution is -0.385. The Morgan fingerprint density at radius 1 is 1.21 bits per heavy atom. The number of hydrogen-bond donors (Lipinski definition) is 1. The number of aryl methyl sites for hydroxylation is 2. The molecule has 0 saturated heterocycles. The van der Waals surface area contributed by atoms with Crippen LogP contribution in [0.5, 0.6) is 0 Å². The van der Waals surface area contributed by atoms with Gasteiger partial charge in [0.25, 0.3) is 15.7 Å². The minimum Gasteiger partial charge on any atom is -0.302 e. The average molecular weight is 346 g/mol. The van der Waals surface area contributed by atoms with Crippen molar-refractivity contribution in [2.45, 2.75) is 18.7 Å². The van der Waals surface area contributed by atoms with Crippen LogP contribution in [0.1, 0.15) is 11.4 Å². The summed E-state index contributed by atoms with van der Waals surface area (Å²) in [5.41, 5.74) is 2.18. The number of rotatable bonds is 4. The second-order valence-corrected chi connectivity index (χ2v) is 6.94. The summed E-state index contributed by atoms with van der Waals surface area (Å²) >= 11 is 0. The van der Waals surface area contributed by atoms with Crippen molar-refractivity contribution in [3.8, 4) is 0 Å². The fraction of sp³-hybridized carbons (Fsp3) is 0.133. The topological polar surface area (TPSA) is 107 Å². The van der Waals surface area contributed by atoms with Gasteiger partial charge >= 0.3 is 0 Å². The number of sulfonamides is 1. The summed E-state index contributed by atoms with van der Waals surface area (Å²) in [7, 11) is -3.97. The highest BCUT2D eigenvalue weighted by Gasteiger charge is 2.19. The number of nitrogens with zero attached hydrogens (tertiary/aromatic N) is 3. The van der Waals surface area contributed by atoms with Crippen LogP contribution in [0, 0.1) is 24.0 Å². The Kier molecular flexibility index (Phi) is 3.72. The summed E-state index contributed by atoms with van der Waals surface area (Å²) in [4.78, 5) is 14.4. The predicted octanol–water partition coefficient (Wildman–Crippen LogP) is 2.66. The number of aromatic nitrogens is 2. The van der Waals surface area contributed by atoms with Gasteiger partial charge in [0.15, 0.2) is 5.65 Å². The molecule has 0 aliphatic carbocycles. The largest absolute Gasteiger partial charge is 0.302 e. The van der Waals surface area contributed by atoms with E-state index in [2.05, 4.69) is 9.71 Å². The summed E-state index contributed by atoms with van der Waals surface area (Å²) in [5.74, 6) is 0. The lowest BCUT2D eigenvalue weighted by atomic mass is 10.3. The molecule has 1 aromatic carbocycles. The number of fused-ring (bicyclic) bond motifs is 1. The van der Waals surface area contributed by atoms with Crippen LogP contribution in [0.3, 0.4) is 0 Å². The molecular weight excluding hydrogens is 332 g/mol. The van der Waals surface area contributed by atoms with Gasteiger partial charge in [0, 0.05) is 24.0 Å². The molecule has 0 saturated carbocycles. The van der Waals surface area contributed by atoms with E-state index in [9.17, 15) is 18.5 Å². The molecule has 1 N–H and O–H groups in total. The van der Waals surface area contributed by atoms with Gasteiger partial charge in [0.05, 0.1) is 21.2 Å². The molecule has 0 amide bonds. The van der Waals surface area contributed by atoms with Crippen molar-refractivity contribution < 1.29 is 13.3 Å². The molecule has 0 bridgehead atoms. The van der Waals surface area contributed by atoms with Crippen molar-refractivity contribution in [3.63, 3.8) is 0 Å². The first-order valence-electron chi connectivity index (χ1n) is 7.01. The smallest absolute Gasteiger partial charge is 0.270 e. The zero-order valence-electron chi connectivity index (χ0n) is 12.9. The van der Waals surface area contributed by atoms with Crippen LogP contribution in [0.25, 0.3) is 5.65 Å². The monoisotopic (exact) mass is 346 g/mol. The SMILES string of the molecule is Cc1nc2c(NS(=O)(=O)c3cccc([N+](=O)[O-])c3)cccn2c1C. The van der Waals surface area contributed by atoms with Gasteiger partial charge in [-0.3, -0.25) is 14.8 Å². The zero-order valence-corrected chi connectivity index (χ0v) is 13.7. The van der Waals surface area contributed by atoms with Crippen molar-refractivity contribution in [1.82, 2.24) is 9.38 Å². The normalized spacial score (nSPS) is 11.6. The molecule has 0 spiro atoms. The van der Waals surface area contributed by atoms with E-state index in [1.54, 1.807) is 22.7 Å². The third-order valence-electron chi connectivity index (χ3n) is 3.71. The van der Waals surface area contributed by atoms with Crippen LogP contribution in [0.4, 0.5) is 11.4 Å². The first-order chi connectivity index (χ1) is 11.3. The summed E-state index contributed by atoms with van der Waals surface area (Å²) in [6.07, 6.45) is 1.79. The fourth-order valence-corrected chi connectivity index (χ4v) is 3.45. The number of anilines is 1.